The maximum atomic E-state index is 4.77. The molecule has 0 saturated carbocycles. The summed E-state index contributed by atoms with van der Waals surface area (Å²) in [5, 5.41) is 7.13. The van der Waals surface area contributed by atoms with Crippen LogP contribution in [-0.4, -0.2) is 37.0 Å². The van der Waals surface area contributed by atoms with Crippen LogP contribution in [0, 0.1) is 5.92 Å². The van der Waals surface area contributed by atoms with Gasteiger partial charge >= 0.3 is 158 Å². The largest absolute Gasteiger partial charge is 0.0683 e. The molecule has 1 heterocycles. The number of amidine groups is 1. The van der Waals surface area contributed by atoms with Gasteiger partial charge < -0.3 is 5.32 Å². The number of nitrogens with one attached hydrogen (secondary N) is 2. The minimum atomic E-state index is 0.654. The van der Waals surface area contributed by atoms with Gasteiger partial charge in [-0.15, -0.1) is 0 Å². The Balaban J connectivity index is 0.00000316. The third-order valence-electron chi connectivity index (χ3n) is 6.14. The molecule has 1 aliphatic heterocycles. The Hall–Kier alpha value is -2.53. The second kappa shape index (κ2) is 18.7. The Morgan fingerprint density at radius 3 is 2.64 bits per heavy atom. The van der Waals surface area contributed by atoms with Crippen molar-refractivity contribution < 1.29 is 0 Å². The maximum Gasteiger partial charge on any atom is -0.0683 e. The SMILES string of the molecule is CB=CC(=C\C)/C(=C/N=C(C)C(=N/C=C\C)Nc1cccc(CC(C)CC2CCCN2)c1)CC.CC. The van der Waals surface area contributed by atoms with E-state index in [-0.39, 0.29) is 0 Å². The summed E-state index contributed by atoms with van der Waals surface area (Å²) in [6.45, 7) is 19.8. The van der Waals surface area contributed by atoms with E-state index < -0.39 is 0 Å². The van der Waals surface area contributed by atoms with Gasteiger partial charge in [0.15, 0.2) is 0 Å². The number of anilines is 1. The summed E-state index contributed by atoms with van der Waals surface area (Å²) in [4.78, 5) is 9.40. The molecule has 0 amide bonds. The molecule has 4 nitrogen and oxygen atoms in total. The second-order valence-corrected chi connectivity index (χ2v) is 9.09. The summed E-state index contributed by atoms with van der Waals surface area (Å²) in [5.74, 6) is 3.54. The van der Waals surface area contributed by atoms with Crippen LogP contribution in [0.2, 0.25) is 6.82 Å². The maximum absolute atomic E-state index is 4.77. The van der Waals surface area contributed by atoms with E-state index in [1.807, 2.05) is 53.0 Å². The van der Waals surface area contributed by atoms with Gasteiger partial charge in [-0.25, -0.2) is 0 Å². The smallest absolute Gasteiger partial charge is 0.0683 e. The van der Waals surface area contributed by atoms with Crippen LogP contribution in [0.15, 0.2) is 69.9 Å². The van der Waals surface area contributed by atoms with Gasteiger partial charge in [-0.05, 0) is 31.7 Å². The van der Waals surface area contributed by atoms with Crippen molar-refractivity contribution in [2.45, 2.75) is 93.4 Å². The molecule has 5 heteroatoms. The zero-order valence-electron chi connectivity index (χ0n) is 24.1. The van der Waals surface area contributed by atoms with Crippen molar-refractivity contribution in [3.8, 4) is 0 Å². The number of allylic oxidation sites excluding steroid dienone is 4. The molecule has 0 aliphatic carbocycles. The summed E-state index contributed by atoms with van der Waals surface area (Å²) in [7, 11) is 0. The summed E-state index contributed by atoms with van der Waals surface area (Å²) in [6, 6.07) is 9.38. The predicted octanol–water partition coefficient (Wildman–Crippen LogP) is 7.63. The quantitative estimate of drug-likeness (QED) is 0.146. The van der Waals surface area contributed by atoms with E-state index in [2.05, 4.69) is 79.6 Å². The van der Waals surface area contributed by atoms with E-state index in [4.69, 9.17) is 4.99 Å². The summed E-state index contributed by atoms with van der Waals surface area (Å²) in [5.41, 5.74) is 5.66. The van der Waals surface area contributed by atoms with Crippen LogP contribution < -0.4 is 10.6 Å². The Kier molecular flexibility index (Phi) is 16.4. The van der Waals surface area contributed by atoms with Crippen molar-refractivity contribution in [3.05, 3.63) is 65.5 Å². The molecule has 196 valence electrons. The molecule has 2 unspecified atom stereocenters. The van der Waals surface area contributed by atoms with Crippen molar-refractivity contribution in [2.24, 2.45) is 15.9 Å². The molecular formula is C31H49BN4. The average Bonchev–Trinajstić information content (AvgIpc) is 3.40. The standard InChI is InChI=1S/C29H43BN4.C2H6/c1-7-15-32-29(23(5)33-21-26(9-3)25(8-2)20-30-6)34-28-13-10-12-24(19-28)17-22(4)18-27-14-11-16-31-27;1-2/h7-8,10,12-13,15,19-22,27,31H,9,11,14,16-18H2,1-6H3,(H,32,34);1-2H3/b15-7-,25-8+,26-21+,33-23?;. The fraction of sp³-hybridized carbons (Fsp3) is 0.516. The average molecular weight is 489 g/mol. The van der Waals surface area contributed by atoms with Crippen molar-refractivity contribution >= 4 is 30.1 Å². The number of aliphatic imine (C=N–C) groups is 2. The van der Waals surface area contributed by atoms with E-state index >= 15 is 0 Å². The van der Waals surface area contributed by atoms with Crippen LogP contribution >= 0.6 is 0 Å². The van der Waals surface area contributed by atoms with Crippen molar-refractivity contribution in [1.29, 1.82) is 0 Å². The number of rotatable bonds is 11. The molecule has 1 aromatic rings. The van der Waals surface area contributed by atoms with Crippen molar-refractivity contribution in [2.75, 3.05) is 11.9 Å². The second-order valence-electron chi connectivity index (χ2n) is 9.09. The molecule has 1 fully saturated rings. The monoisotopic (exact) mass is 488 g/mol. The topological polar surface area (TPSA) is 48.8 Å². The molecule has 2 rings (SSSR count). The zero-order chi connectivity index (χ0) is 26.8. The van der Waals surface area contributed by atoms with E-state index in [0.717, 1.165) is 30.1 Å². The van der Waals surface area contributed by atoms with Gasteiger partial charge in [0, 0.05) is 6.04 Å². The van der Waals surface area contributed by atoms with Gasteiger partial charge in [-0.3, -0.25) is 0 Å². The van der Waals surface area contributed by atoms with E-state index in [1.54, 1.807) is 0 Å². The molecule has 2 atom stereocenters. The third kappa shape index (κ3) is 11.5. The minimum Gasteiger partial charge on any atom is -0.0683 e. The summed E-state index contributed by atoms with van der Waals surface area (Å²) < 4.78 is 0. The van der Waals surface area contributed by atoms with Gasteiger partial charge in [0.25, 0.3) is 0 Å². The molecule has 1 aliphatic rings. The van der Waals surface area contributed by atoms with Crippen LogP contribution in [0.5, 0.6) is 0 Å². The van der Waals surface area contributed by atoms with Gasteiger partial charge in [0.05, 0.1) is 0 Å². The molecule has 1 saturated heterocycles. The summed E-state index contributed by atoms with van der Waals surface area (Å²) in [6.07, 6.45) is 13.7. The van der Waals surface area contributed by atoms with Crippen LogP contribution in [-0.2, 0) is 6.42 Å². The number of hydrogen-bond donors (Lipinski definition) is 2. The molecule has 0 aromatic heterocycles. The van der Waals surface area contributed by atoms with Crippen LogP contribution in [0.4, 0.5) is 5.69 Å². The van der Waals surface area contributed by atoms with Gasteiger partial charge in [0.1, 0.15) is 0 Å². The third-order valence-corrected chi connectivity index (χ3v) is 6.14. The Bertz CT molecular complexity index is 947. The normalized spacial score (nSPS) is 18.3. The first-order chi connectivity index (χ1) is 17.5. The van der Waals surface area contributed by atoms with E-state index in [0.29, 0.717) is 12.0 Å². The molecule has 1 aromatic carbocycles. The Morgan fingerprint density at radius 1 is 1.25 bits per heavy atom. The van der Waals surface area contributed by atoms with E-state index in [1.165, 1.54) is 42.5 Å². The molecular weight excluding hydrogens is 439 g/mol. The Morgan fingerprint density at radius 2 is 2.03 bits per heavy atom. The fourth-order valence-corrected chi connectivity index (χ4v) is 4.38. The van der Waals surface area contributed by atoms with Gasteiger partial charge in [-0.1, -0.05) is 20.8 Å². The van der Waals surface area contributed by atoms with Gasteiger partial charge in [0.2, 0.25) is 0 Å². The molecule has 0 bridgehead atoms. The van der Waals surface area contributed by atoms with Gasteiger partial charge in [-0.2, -0.15) is 0 Å². The van der Waals surface area contributed by atoms with Crippen LogP contribution in [0.1, 0.15) is 79.7 Å². The first kappa shape index (κ1) is 31.5. The molecule has 0 radical (unpaired) electrons. The fourth-order valence-electron chi connectivity index (χ4n) is 4.38. The predicted molar refractivity (Wildman–Crippen MR) is 165 cm³/mol. The number of hydrogen-bond acceptors (Lipinski definition) is 3. The van der Waals surface area contributed by atoms with Crippen LogP contribution in [0.3, 0.4) is 0 Å². The molecule has 36 heavy (non-hydrogen) atoms. The zero-order valence-corrected chi connectivity index (χ0v) is 24.1. The van der Waals surface area contributed by atoms with Crippen molar-refractivity contribution in [3.63, 3.8) is 0 Å². The first-order valence-electron chi connectivity index (χ1n) is 13.8. The van der Waals surface area contributed by atoms with E-state index in [9.17, 15) is 0 Å². The van der Waals surface area contributed by atoms with Crippen molar-refractivity contribution in [1.82, 2.24) is 5.32 Å². The number of benzene rings is 1. The molecule has 2 N–H and O–H groups in total. The first-order valence-corrected chi connectivity index (χ1v) is 13.8. The molecule has 0 spiro atoms. The van der Waals surface area contributed by atoms with Crippen LogP contribution in [0.25, 0.3) is 0 Å². The minimum absolute atomic E-state index is 0.654. The summed E-state index contributed by atoms with van der Waals surface area (Å²) >= 11 is 0. The number of nitrogens with zero attached hydrogens (tertiary/aromatic N) is 2. The Labute approximate surface area is 222 Å².